The van der Waals surface area contributed by atoms with Gasteiger partial charge >= 0.3 is 0 Å². The monoisotopic (exact) mass is 252 g/mol. The molecule has 2 aromatic rings. The van der Waals surface area contributed by atoms with Gasteiger partial charge in [-0.3, -0.25) is 4.79 Å². The van der Waals surface area contributed by atoms with Gasteiger partial charge in [0.1, 0.15) is 5.82 Å². The molecule has 2 N–H and O–H groups in total. The lowest BCUT2D eigenvalue weighted by Crippen LogP contribution is -2.14. The summed E-state index contributed by atoms with van der Waals surface area (Å²) in [5.41, 5.74) is 1.37. The zero-order valence-corrected chi connectivity index (χ0v) is 9.59. The molecule has 3 nitrogen and oxygen atoms in total. The number of aromatic amines is 1. The lowest BCUT2D eigenvalue weighted by atomic mass is 10.2. The van der Waals surface area contributed by atoms with Gasteiger partial charge in [-0.2, -0.15) is 0 Å². The molecule has 0 atom stereocenters. The molecule has 1 heterocycles. The van der Waals surface area contributed by atoms with Crippen molar-refractivity contribution in [1.82, 2.24) is 4.98 Å². The van der Waals surface area contributed by atoms with E-state index in [2.05, 4.69) is 10.3 Å². The topological polar surface area (TPSA) is 44.9 Å². The largest absolute Gasteiger partial charge is 0.367 e. The molecule has 5 heteroatoms. The quantitative estimate of drug-likeness (QED) is 0.867. The van der Waals surface area contributed by atoms with Gasteiger partial charge in [-0.25, -0.2) is 4.39 Å². The van der Waals surface area contributed by atoms with Crippen molar-refractivity contribution in [3.8, 4) is 0 Å². The molecule has 0 bridgehead atoms. The molecule has 0 unspecified atom stereocenters. The van der Waals surface area contributed by atoms with Crippen LogP contribution in [0.5, 0.6) is 0 Å². The van der Waals surface area contributed by atoms with Crippen LogP contribution in [0.4, 0.5) is 10.1 Å². The summed E-state index contributed by atoms with van der Waals surface area (Å²) >= 11 is 5.61. The molecule has 2 rings (SSSR count). The fourth-order valence-electron chi connectivity index (χ4n) is 1.43. The van der Waals surface area contributed by atoms with Gasteiger partial charge in [0.25, 0.3) is 0 Å². The average Bonchev–Trinajstić information content (AvgIpc) is 2.76. The lowest BCUT2D eigenvalue weighted by Gasteiger charge is -2.05. The first-order valence-corrected chi connectivity index (χ1v) is 5.39. The summed E-state index contributed by atoms with van der Waals surface area (Å²) in [6.45, 7) is 0. The Morgan fingerprint density at radius 2 is 2.24 bits per heavy atom. The highest BCUT2D eigenvalue weighted by Crippen LogP contribution is 2.19. The summed E-state index contributed by atoms with van der Waals surface area (Å²) < 4.78 is 12.9. The van der Waals surface area contributed by atoms with Crippen LogP contribution in [-0.2, 0) is 11.2 Å². The second kappa shape index (κ2) is 5.01. The van der Waals surface area contributed by atoms with Crippen LogP contribution >= 0.6 is 11.6 Å². The maximum Gasteiger partial charge on any atom is 0.228 e. The Labute approximate surface area is 103 Å². The van der Waals surface area contributed by atoms with Crippen LogP contribution in [0.1, 0.15) is 5.56 Å². The van der Waals surface area contributed by atoms with Crippen molar-refractivity contribution in [2.24, 2.45) is 0 Å². The van der Waals surface area contributed by atoms with Crippen LogP contribution in [0.2, 0.25) is 5.02 Å². The smallest absolute Gasteiger partial charge is 0.228 e. The second-order valence-electron chi connectivity index (χ2n) is 3.57. The van der Waals surface area contributed by atoms with E-state index in [9.17, 15) is 9.18 Å². The number of hydrogen-bond donors (Lipinski definition) is 2. The van der Waals surface area contributed by atoms with Crippen molar-refractivity contribution in [1.29, 1.82) is 0 Å². The number of carbonyl (C=O) groups is 1. The van der Waals surface area contributed by atoms with Gasteiger partial charge < -0.3 is 10.3 Å². The zero-order chi connectivity index (χ0) is 12.3. The van der Waals surface area contributed by atoms with E-state index < -0.39 is 5.82 Å². The molecule has 0 saturated heterocycles. The van der Waals surface area contributed by atoms with E-state index in [1.54, 1.807) is 12.4 Å². The summed E-state index contributed by atoms with van der Waals surface area (Å²) in [6.07, 6.45) is 3.76. The Morgan fingerprint density at radius 1 is 1.41 bits per heavy atom. The molecule has 0 aliphatic carbocycles. The van der Waals surface area contributed by atoms with Gasteiger partial charge in [-0.05, 0) is 29.8 Å². The molecule has 17 heavy (non-hydrogen) atoms. The fraction of sp³-hybridized carbons (Fsp3) is 0.0833. The lowest BCUT2D eigenvalue weighted by molar-refractivity contribution is -0.115. The van der Waals surface area contributed by atoms with Gasteiger partial charge in [0, 0.05) is 18.1 Å². The Kier molecular flexibility index (Phi) is 3.44. The van der Waals surface area contributed by atoms with Crippen molar-refractivity contribution in [2.75, 3.05) is 5.32 Å². The third-order valence-electron chi connectivity index (χ3n) is 2.23. The van der Waals surface area contributed by atoms with Crippen LogP contribution < -0.4 is 5.32 Å². The van der Waals surface area contributed by atoms with Crippen LogP contribution in [-0.4, -0.2) is 10.9 Å². The van der Waals surface area contributed by atoms with E-state index in [0.29, 0.717) is 5.69 Å². The maximum absolute atomic E-state index is 12.9. The molecule has 1 aromatic heterocycles. The molecule has 88 valence electrons. The van der Waals surface area contributed by atoms with E-state index in [-0.39, 0.29) is 17.4 Å². The van der Waals surface area contributed by atoms with E-state index in [4.69, 9.17) is 11.6 Å². The van der Waals surface area contributed by atoms with Crippen molar-refractivity contribution >= 4 is 23.2 Å². The third kappa shape index (κ3) is 3.07. The van der Waals surface area contributed by atoms with Crippen molar-refractivity contribution in [3.63, 3.8) is 0 Å². The summed E-state index contributed by atoms with van der Waals surface area (Å²) in [5, 5.41) is 2.63. The predicted octanol–water partition coefficient (Wildman–Crippen LogP) is 2.99. The second-order valence-corrected chi connectivity index (χ2v) is 3.98. The molecule has 0 aliphatic rings. The van der Waals surface area contributed by atoms with Gasteiger partial charge in [0.05, 0.1) is 11.4 Å². The van der Waals surface area contributed by atoms with Crippen LogP contribution in [0.3, 0.4) is 0 Å². The van der Waals surface area contributed by atoms with Crippen molar-refractivity contribution in [2.45, 2.75) is 6.42 Å². The molecule has 0 aliphatic heterocycles. The Bertz CT molecular complexity index is 525. The highest BCUT2D eigenvalue weighted by atomic mass is 35.5. The summed E-state index contributed by atoms with van der Waals surface area (Å²) in [5.74, 6) is -0.678. The minimum atomic E-state index is -0.504. The van der Waals surface area contributed by atoms with E-state index in [1.807, 2.05) is 6.07 Å². The average molecular weight is 253 g/mol. The summed E-state index contributed by atoms with van der Waals surface area (Å²) in [6, 6.07) is 5.88. The SMILES string of the molecule is O=C(Cc1cc[nH]c1)Nc1ccc(F)c(Cl)c1. The molecular weight excluding hydrogens is 243 g/mol. The normalized spacial score (nSPS) is 10.2. The van der Waals surface area contributed by atoms with Crippen LogP contribution in [0, 0.1) is 5.82 Å². The number of hydrogen-bond acceptors (Lipinski definition) is 1. The number of anilines is 1. The molecule has 0 saturated carbocycles. The van der Waals surface area contributed by atoms with Gasteiger partial charge in [0.15, 0.2) is 0 Å². The summed E-state index contributed by atoms with van der Waals surface area (Å²) in [4.78, 5) is 14.5. The minimum Gasteiger partial charge on any atom is -0.367 e. The van der Waals surface area contributed by atoms with Gasteiger partial charge in [-0.15, -0.1) is 0 Å². The first kappa shape index (κ1) is 11.7. The summed E-state index contributed by atoms with van der Waals surface area (Å²) in [7, 11) is 0. The number of aromatic nitrogens is 1. The van der Waals surface area contributed by atoms with E-state index in [1.165, 1.54) is 18.2 Å². The highest BCUT2D eigenvalue weighted by Gasteiger charge is 2.06. The maximum atomic E-state index is 12.9. The van der Waals surface area contributed by atoms with Crippen molar-refractivity contribution in [3.05, 3.63) is 53.1 Å². The first-order chi connectivity index (χ1) is 8.15. The van der Waals surface area contributed by atoms with Crippen LogP contribution in [0.25, 0.3) is 0 Å². The Hall–Kier alpha value is -1.81. The number of H-pyrrole nitrogens is 1. The Balaban J connectivity index is 2.00. The molecule has 0 fully saturated rings. The molecule has 1 amide bonds. The standard InChI is InChI=1S/C12H10ClFN2O/c13-10-6-9(1-2-11(10)14)16-12(17)5-8-3-4-15-7-8/h1-4,6-7,15H,5H2,(H,16,17). The van der Waals surface area contributed by atoms with E-state index in [0.717, 1.165) is 5.56 Å². The number of amides is 1. The first-order valence-electron chi connectivity index (χ1n) is 5.02. The molecule has 0 radical (unpaired) electrons. The minimum absolute atomic E-state index is 0.00977. The zero-order valence-electron chi connectivity index (χ0n) is 8.84. The number of nitrogens with one attached hydrogen (secondary N) is 2. The number of rotatable bonds is 3. The van der Waals surface area contributed by atoms with Gasteiger partial charge in [-0.1, -0.05) is 11.6 Å². The highest BCUT2D eigenvalue weighted by molar-refractivity contribution is 6.31. The number of carbonyl (C=O) groups excluding carboxylic acids is 1. The van der Waals surface area contributed by atoms with Crippen molar-refractivity contribution < 1.29 is 9.18 Å². The third-order valence-corrected chi connectivity index (χ3v) is 2.52. The van der Waals surface area contributed by atoms with E-state index >= 15 is 0 Å². The fourth-order valence-corrected chi connectivity index (χ4v) is 1.61. The van der Waals surface area contributed by atoms with Crippen LogP contribution in [0.15, 0.2) is 36.7 Å². The molecule has 0 spiro atoms. The molecule has 1 aromatic carbocycles. The number of halogens is 2. The number of benzene rings is 1. The molecular formula is C12H10ClFN2O. The van der Waals surface area contributed by atoms with Gasteiger partial charge in [0.2, 0.25) is 5.91 Å². The Morgan fingerprint density at radius 3 is 2.88 bits per heavy atom. The predicted molar refractivity (Wildman–Crippen MR) is 64.5 cm³/mol.